The number of rotatable bonds is 3. The molecule has 1 aromatic rings. The Morgan fingerprint density at radius 2 is 2.10 bits per heavy atom. The lowest BCUT2D eigenvalue weighted by molar-refractivity contribution is -0.120. The summed E-state index contributed by atoms with van der Waals surface area (Å²) < 4.78 is 0. The van der Waals surface area contributed by atoms with Crippen molar-refractivity contribution in [2.24, 2.45) is 5.92 Å². The molecule has 0 unspecified atom stereocenters. The molecule has 1 aliphatic heterocycles. The van der Waals surface area contributed by atoms with Crippen molar-refractivity contribution in [1.29, 1.82) is 0 Å². The summed E-state index contributed by atoms with van der Waals surface area (Å²) in [6.45, 7) is 9.47. The van der Waals surface area contributed by atoms with Gasteiger partial charge in [0.05, 0.1) is 0 Å². The van der Waals surface area contributed by atoms with Crippen LogP contribution in [0.3, 0.4) is 0 Å². The van der Waals surface area contributed by atoms with Gasteiger partial charge in [-0.05, 0) is 50.3 Å². The third-order valence-corrected chi connectivity index (χ3v) is 4.17. The lowest BCUT2D eigenvalue weighted by atomic mass is 9.91. The number of nitrogens with one attached hydrogen (secondary N) is 2. The molecule has 2 atom stereocenters. The van der Waals surface area contributed by atoms with Crippen LogP contribution in [0.2, 0.25) is 0 Å². The molecule has 3 nitrogen and oxygen atoms in total. The molecule has 0 bridgehead atoms. The first kappa shape index (κ1) is 18.0. The number of aryl methyl sites for hydroxylation is 1. The average molecular weight is 311 g/mol. The van der Waals surface area contributed by atoms with Crippen LogP contribution in [-0.4, -0.2) is 18.5 Å². The second kappa shape index (κ2) is 7.81. The number of hydrogen-bond acceptors (Lipinski definition) is 2. The number of para-hydroxylation sites is 1. The van der Waals surface area contributed by atoms with Gasteiger partial charge in [-0.25, -0.2) is 0 Å². The maximum Gasteiger partial charge on any atom is 0.227 e. The van der Waals surface area contributed by atoms with Crippen LogP contribution in [0, 0.1) is 12.8 Å². The predicted octanol–water partition coefficient (Wildman–Crippen LogP) is 3.87. The Labute approximate surface area is 134 Å². The van der Waals surface area contributed by atoms with Crippen molar-refractivity contribution < 1.29 is 4.79 Å². The van der Waals surface area contributed by atoms with Crippen LogP contribution in [0.5, 0.6) is 0 Å². The van der Waals surface area contributed by atoms with E-state index in [9.17, 15) is 4.79 Å². The number of carbonyl (C=O) groups excluding carboxylic acids is 1. The van der Waals surface area contributed by atoms with Gasteiger partial charge in [-0.1, -0.05) is 32.0 Å². The van der Waals surface area contributed by atoms with E-state index < -0.39 is 0 Å². The SMILES string of the molecule is Cc1cccc(C(C)C)c1NC(=O)[C@H]1CCN[C@@H](C)C1.Cl. The molecule has 4 heteroatoms. The van der Waals surface area contributed by atoms with Crippen LogP contribution in [0.1, 0.15) is 50.7 Å². The maximum atomic E-state index is 12.5. The first-order valence-electron chi connectivity index (χ1n) is 7.62. The highest BCUT2D eigenvalue weighted by Gasteiger charge is 2.25. The molecule has 1 aliphatic rings. The normalized spacial score (nSPS) is 21.8. The molecule has 1 amide bonds. The number of anilines is 1. The van der Waals surface area contributed by atoms with Gasteiger partial charge in [-0.2, -0.15) is 0 Å². The van der Waals surface area contributed by atoms with E-state index in [4.69, 9.17) is 0 Å². The standard InChI is InChI=1S/C17H26N2O.ClH/c1-11(2)15-7-5-6-12(3)16(15)19-17(20)14-8-9-18-13(4)10-14;/h5-7,11,13-14,18H,8-10H2,1-4H3,(H,19,20);1H/t13-,14-;/m0./s1. The van der Waals surface area contributed by atoms with Crippen molar-refractivity contribution in [3.05, 3.63) is 29.3 Å². The number of hydrogen-bond donors (Lipinski definition) is 2. The van der Waals surface area contributed by atoms with Crippen molar-refractivity contribution in [2.75, 3.05) is 11.9 Å². The van der Waals surface area contributed by atoms with E-state index in [1.165, 1.54) is 5.56 Å². The van der Waals surface area contributed by atoms with Gasteiger partial charge >= 0.3 is 0 Å². The van der Waals surface area contributed by atoms with Crippen LogP contribution in [0.4, 0.5) is 5.69 Å². The number of amides is 1. The van der Waals surface area contributed by atoms with Gasteiger partial charge in [0.25, 0.3) is 0 Å². The summed E-state index contributed by atoms with van der Waals surface area (Å²) in [6.07, 6.45) is 1.85. The van der Waals surface area contributed by atoms with E-state index in [0.717, 1.165) is 30.6 Å². The van der Waals surface area contributed by atoms with Crippen LogP contribution in [-0.2, 0) is 4.79 Å². The zero-order valence-electron chi connectivity index (χ0n) is 13.4. The third-order valence-electron chi connectivity index (χ3n) is 4.17. The summed E-state index contributed by atoms with van der Waals surface area (Å²) in [5, 5.41) is 6.58. The lowest BCUT2D eigenvalue weighted by Crippen LogP contribution is -2.40. The van der Waals surface area contributed by atoms with Crippen molar-refractivity contribution in [3.8, 4) is 0 Å². The molecule has 2 rings (SSSR count). The van der Waals surface area contributed by atoms with E-state index in [-0.39, 0.29) is 24.2 Å². The molecule has 118 valence electrons. The largest absolute Gasteiger partial charge is 0.325 e. The monoisotopic (exact) mass is 310 g/mol. The van der Waals surface area contributed by atoms with Crippen LogP contribution < -0.4 is 10.6 Å². The molecular weight excluding hydrogens is 284 g/mol. The average Bonchev–Trinajstić information content (AvgIpc) is 2.40. The Hall–Kier alpha value is -1.06. The molecule has 0 spiro atoms. The molecule has 1 aromatic carbocycles. The Morgan fingerprint density at radius 3 is 2.71 bits per heavy atom. The van der Waals surface area contributed by atoms with Gasteiger partial charge < -0.3 is 10.6 Å². The number of piperidine rings is 1. The number of carbonyl (C=O) groups is 1. The molecule has 0 radical (unpaired) electrons. The molecule has 0 aromatic heterocycles. The smallest absolute Gasteiger partial charge is 0.227 e. The minimum Gasteiger partial charge on any atom is -0.325 e. The lowest BCUT2D eigenvalue weighted by Gasteiger charge is -2.28. The number of halogens is 1. The van der Waals surface area contributed by atoms with Crippen molar-refractivity contribution in [3.63, 3.8) is 0 Å². The summed E-state index contributed by atoms with van der Waals surface area (Å²) in [4.78, 5) is 12.5. The fraction of sp³-hybridized carbons (Fsp3) is 0.588. The maximum absolute atomic E-state index is 12.5. The van der Waals surface area contributed by atoms with E-state index in [0.29, 0.717) is 12.0 Å². The highest BCUT2D eigenvalue weighted by atomic mass is 35.5. The predicted molar refractivity (Wildman–Crippen MR) is 91.3 cm³/mol. The fourth-order valence-corrected chi connectivity index (χ4v) is 2.94. The Balaban J connectivity index is 0.00000220. The van der Waals surface area contributed by atoms with Gasteiger partial charge in [0, 0.05) is 17.6 Å². The molecule has 1 fully saturated rings. The molecule has 21 heavy (non-hydrogen) atoms. The summed E-state index contributed by atoms with van der Waals surface area (Å²) in [5.41, 5.74) is 3.38. The van der Waals surface area contributed by atoms with Gasteiger partial charge in [0.1, 0.15) is 0 Å². The highest BCUT2D eigenvalue weighted by molar-refractivity contribution is 5.94. The molecule has 1 heterocycles. The summed E-state index contributed by atoms with van der Waals surface area (Å²) in [7, 11) is 0. The topological polar surface area (TPSA) is 41.1 Å². The molecule has 0 aliphatic carbocycles. The second-order valence-corrected chi connectivity index (χ2v) is 6.26. The van der Waals surface area contributed by atoms with Gasteiger partial charge in [0.2, 0.25) is 5.91 Å². The van der Waals surface area contributed by atoms with E-state index in [1.807, 2.05) is 0 Å². The zero-order chi connectivity index (χ0) is 14.7. The molecule has 0 saturated carbocycles. The van der Waals surface area contributed by atoms with E-state index in [1.54, 1.807) is 0 Å². The first-order chi connectivity index (χ1) is 9.49. The van der Waals surface area contributed by atoms with E-state index in [2.05, 4.69) is 56.5 Å². The molecular formula is C17H27ClN2O. The Bertz CT molecular complexity index is 488. The number of benzene rings is 1. The molecule has 2 N–H and O–H groups in total. The minimum atomic E-state index is 0. The fourth-order valence-electron chi connectivity index (χ4n) is 2.94. The quantitative estimate of drug-likeness (QED) is 0.890. The van der Waals surface area contributed by atoms with Crippen molar-refractivity contribution in [1.82, 2.24) is 5.32 Å². The van der Waals surface area contributed by atoms with E-state index >= 15 is 0 Å². The van der Waals surface area contributed by atoms with Gasteiger partial charge in [-0.3, -0.25) is 4.79 Å². The van der Waals surface area contributed by atoms with Crippen molar-refractivity contribution in [2.45, 2.75) is 52.5 Å². The summed E-state index contributed by atoms with van der Waals surface area (Å²) >= 11 is 0. The van der Waals surface area contributed by atoms with Crippen LogP contribution in [0.15, 0.2) is 18.2 Å². The minimum absolute atomic E-state index is 0. The van der Waals surface area contributed by atoms with Crippen molar-refractivity contribution >= 4 is 24.0 Å². The third kappa shape index (κ3) is 4.45. The van der Waals surface area contributed by atoms with Crippen LogP contribution >= 0.6 is 12.4 Å². The highest BCUT2D eigenvalue weighted by Crippen LogP contribution is 2.28. The van der Waals surface area contributed by atoms with Gasteiger partial charge in [-0.15, -0.1) is 12.4 Å². The Morgan fingerprint density at radius 1 is 1.38 bits per heavy atom. The summed E-state index contributed by atoms with van der Waals surface area (Å²) in [5.74, 6) is 0.720. The molecule has 1 saturated heterocycles. The Kier molecular flexibility index (Phi) is 6.69. The van der Waals surface area contributed by atoms with Gasteiger partial charge in [0.15, 0.2) is 0 Å². The summed E-state index contributed by atoms with van der Waals surface area (Å²) in [6, 6.07) is 6.67. The first-order valence-corrected chi connectivity index (χ1v) is 7.62. The van der Waals surface area contributed by atoms with Crippen LogP contribution in [0.25, 0.3) is 0 Å². The zero-order valence-corrected chi connectivity index (χ0v) is 14.2. The second-order valence-electron chi connectivity index (χ2n) is 6.26.